The maximum atomic E-state index is 12.0. The molecule has 2 aliphatic rings. The number of nitrogens with one attached hydrogen (secondary N) is 1. The molecule has 0 radical (unpaired) electrons. The van der Waals surface area contributed by atoms with Crippen LogP contribution in [0.2, 0.25) is 0 Å². The van der Waals surface area contributed by atoms with Gasteiger partial charge in [-0.25, -0.2) is 4.79 Å². The number of piperazine rings is 1. The van der Waals surface area contributed by atoms with Gasteiger partial charge in [-0.05, 0) is 20.8 Å². The van der Waals surface area contributed by atoms with Gasteiger partial charge in [0.2, 0.25) is 17.7 Å². The van der Waals surface area contributed by atoms with Crippen LogP contribution in [0.3, 0.4) is 0 Å². The SMILES string of the molecule is CC(C)(C)OC(=O)N1CCN(CCNC(=O)CN2C(=O)CCC2=O)CC1. The fraction of sp³-hybridized carbons (Fsp3) is 0.765. The summed E-state index contributed by atoms with van der Waals surface area (Å²) >= 11 is 0. The van der Waals surface area contributed by atoms with Crippen molar-refractivity contribution in [2.45, 2.75) is 39.2 Å². The Labute approximate surface area is 153 Å². The highest BCUT2D eigenvalue weighted by molar-refractivity contribution is 6.04. The molecule has 0 bridgehead atoms. The molecule has 0 aliphatic carbocycles. The lowest BCUT2D eigenvalue weighted by Crippen LogP contribution is -2.51. The summed E-state index contributed by atoms with van der Waals surface area (Å²) in [7, 11) is 0. The van der Waals surface area contributed by atoms with Gasteiger partial charge in [-0.3, -0.25) is 24.2 Å². The molecular formula is C17H28N4O5. The van der Waals surface area contributed by atoms with E-state index in [2.05, 4.69) is 10.2 Å². The highest BCUT2D eigenvalue weighted by Crippen LogP contribution is 2.12. The molecule has 0 unspecified atom stereocenters. The Hall–Kier alpha value is -2.16. The average Bonchev–Trinajstić information content (AvgIpc) is 2.86. The minimum absolute atomic E-state index is 0.189. The Morgan fingerprint density at radius 2 is 1.62 bits per heavy atom. The molecule has 2 heterocycles. The minimum Gasteiger partial charge on any atom is -0.444 e. The third-order valence-electron chi connectivity index (χ3n) is 4.23. The maximum Gasteiger partial charge on any atom is 0.410 e. The van der Waals surface area contributed by atoms with Gasteiger partial charge >= 0.3 is 6.09 Å². The van der Waals surface area contributed by atoms with Crippen LogP contribution >= 0.6 is 0 Å². The van der Waals surface area contributed by atoms with Crippen molar-refractivity contribution < 1.29 is 23.9 Å². The molecule has 2 fully saturated rings. The molecule has 0 aromatic heterocycles. The van der Waals surface area contributed by atoms with Crippen molar-refractivity contribution in [2.75, 3.05) is 45.8 Å². The number of nitrogens with zero attached hydrogens (tertiary/aromatic N) is 3. The summed E-state index contributed by atoms with van der Waals surface area (Å²) in [6.07, 6.45) is 0.0765. The van der Waals surface area contributed by atoms with Crippen LogP contribution < -0.4 is 5.32 Å². The van der Waals surface area contributed by atoms with Crippen LogP contribution in [-0.4, -0.2) is 89.9 Å². The van der Waals surface area contributed by atoms with E-state index < -0.39 is 5.60 Å². The Morgan fingerprint density at radius 1 is 1.04 bits per heavy atom. The first-order valence-electron chi connectivity index (χ1n) is 8.96. The lowest BCUT2D eigenvalue weighted by molar-refractivity contribution is -0.142. The highest BCUT2D eigenvalue weighted by atomic mass is 16.6. The second-order valence-corrected chi connectivity index (χ2v) is 7.53. The van der Waals surface area contributed by atoms with E-state index in [9.17, 15) is 19.2 Å². The van der Waals surface area contributed by atoms with Crippen molar-refractivity contribution in [2.24, 2.45) is 0 Å². The Kier molecular flexibility index (Phi) is 6.57. The second-order valence-electron chi connectivity index (χ2n) is 7.53. The molecule has 0 aromatic carbocycles. The van der Waals surface area contributed by atoms with Crippen LogP contribution in [0.5, 0.6) is 0 Å². The van der Waals surface area contributed by atoms with Crippen molar-refractivity contribution in [3.63, 3.8) is 0 Å². The van der Waals surface area contributed by atoms with E-state index >= 15 is 0 Å². The Morgan fingerprint density at radius 3 is 2.15 bits per heavy atom. The fourth-order valence-electron chi connectivity index (χ4n) is 2.83. The normalized spacial score (nSPS) is 19.0. The molecule has 0 spiro atoms. The first kappa shape index (κ1) is 20.2. The first-order chi connectivity index (χ1) is 12.2. The van der Waals surface area contributed by atoms with Crippen LogP contribution in [0.4, 0.5) is 4.79 Å². The van der Waals surface area contributed by atoms with Gasteiger partial charge in [0.05, 0.1) is 0 Å². The summed E-state index contributed by atoms with van der Waals surface area (Å²) in [6, 6.07) is 0. The standard InChI is InChI=1S/C17H28N4O5/c1-17(2,3)26-16(25)20-10-8-19(9-11-20)7-6-18-13(22)12-21-14(23)4-5-15(21)24/h4-12H2,1-3H3,(H,18,22). The summed E-state index contributed by atoms with van der Waals surface area (Å²) in [5.41, 5.74) is -0.503. The van der Waals surface area contributed by atoms with E-state index in [1.54, 1.807) is 4.90 Å². The molecule has 26 heavy (non-hydrogen) atoms. The van der Waals surface area contributed by atoms with Crippen molar-refractivity contribution in [1.29, 1.82) is 0 Å². The third kappa shape index (κ3) is 5.98. The van der Waals surface area contributed by atoms with E-state index in [1.165, 1.54) is 0 Å². The van der Waals surface area contributed by atoms with Gasteiger partial charge in [0.25, 0.3) is 0 Å². The Balaban J connectivity index is 1.63. The maximum absolute atomic E-state index is 12.0. The van der Waals surface area contributed by atoms with Gasteiger partial charge in [0.15, 0.2) is 0 Å². The zero-order chi connectivity index (χ0) is 19.3. The van der Waals surface area contributed by atoms with Gasteiger partial charge < -0.3 is 15.0 Å². The van der Waals surface area contributed by atoms with E-state index in [0.29, 0.717) is 39.3 Å². The summed E-state index contributed by atoms with van der Waals surface area (Å²) in [4.78, 5) is 51.7. The smallest absolute Gasteiger partial charge is 0.410 e. The van der Waals surface area contributed by atoms with Crippen molar-refractivity contribution in [1.82, 2.24) is 20.0 Å². The van der Waals surface area contributed by atoms with Crippen LogP contribution in [-0.2, 0) is 19.1 Å². The van der Waals surface area contributed by atoms with Crippen LogP contribution in [0.15, 0.2) is 0 Å². The number of ether oxygens (including phenoxy) is 1. The van der Waals surface area contributed by atoms with Crippen LogP contribution in [0.25, 0.3) is 0 Å². The van der Waals surface area contributed by atoms with E-state index in [4.69, 9.17) is 4.74 Å². The summed E-state index contributed by atoms with van der Waals surface area (Å²) < 4.78 is 5.36. The number of imide groups is 1. The first-order valence-corrected chi connectivity index (χ1v) is 8.96. The zero-order valence-electron chi connectivity index (χ0n) is 15.7. The molecule has 2 aliphatic heterocycles. The molecule has 0 atom stereocenters. The van der Waals surface area contributed by atoms with Gasteiger partial charge in [-0.15, -0.1) is 0 Å². The molecule has 9 heteroatoms. The number of hydrogen-bond acceptors (Lipinski definition) is 6. The molecule has 2 saturated heterocycles. The lowest BCUT2D eigenvalue weighted by atomic mass is 10.2. The molecular weight excluding hydrogens is 340 g/mol. The van der Waals surface area contributed by atoms with Gasteiger partial charge in [-0.2, -0.15) is 0 Å². The Bertz CT molecular complexity index is 548. The monoisotopic (exact) mass is 368 g/mol. The number of rotatable bonds is 5. The number of carbonyl (C=O) groups is 4. The lowest BCUT2D eigenvalue weighted by Gasteiger charge is -2.35. The zero-order valence-corrected chi connectivity index (χ0v) is 15.7. The third-order valence-corrected chi connectivity index (χ3v) is 4.23. The number of hydrogen-bond donors (Lipinski definition) is 1. The minimum atomic E-state index is -0.503. The number of amides is 4. The molecule has 4 amide bonds. The highest BCUT2D eigenvalue weighted by Gasteiger charge is 2.30. The predicted molar refractivity (Wildman–Crippen MR) is 93.2 cm³/mol. The second kappa shape index (κ2) is 8.48. The van der Waals surface area contributed by atoms with Crippen LogP contribution in [0, 0.1) is 0 Å². The average molecular weight is 368 g/mol. The molecule has 2 rings (SSSR count). The quantitative estimate of drug-likeness (QED) is 0.675. The largest absolute Gasteiger partial charge is 0.444 e. The van der Waals surface area contributed by atoms with Crippen molar-refractivity contribution >= 4 is 23.8 Å². The number of likely N-dealkylation sites (tertiary alicyclic amines) is 1. The van der Waals surface area contributed by atoms with E-state index in [1.807, 2.05) is 20.8 Å². The molecule has 146 valence electrons. The molecule has 0 aromatic rings. The summed E-state index contributed by atoms with van der Waals surface area (Å²) in [5.74, 6) is -0.909. The summed E-state index contributed by atoms with van der Waals surface area (Å²) in [5, 5.41) is 2.73. The van der Waals surface area contributed by atoms with E-state index in [-0.39, 0.29) is 43.2 Å². The molecule has 1 N–H and O–H groups in total. The topological polar surface area (TPSA) is 99.3 Å². The van der Waals surface area contributed by atoms with E-state index in [0.717, 1.165) is 4.90 Å². The fourth-order valence-corrected chi connectivity index (χ4v) is 2.83. The van der Waals surface area contributed by atoms with Gasteiger partial charge in [-0.1, -0.05) is 0 Å². The van der Waals surface area contributed by atoms with Gasteiger partial charge in [0, 0.05) is 52.1 Å². The molecule has 0 saturated carbocycles. The van der Waals surface area contributed by atoms with Crippen molar-refractivity contribution in [3.8, 4) is 0 Å². The predicted octanol–water partition coefficient (Wildman–Crippen LogP) is -0.196. The number of carbonyl (C=O) groups excluding carboxylic acids is 4. The summed E-state index contributed by atoms with van der Waals surface area (Å²) in [6.45, 7) is 8.98. The van der Waals surface area contributed by atoms with Gasteiger partial charge in [0.1, 0.15) is 12.1 Å². The molecule has 9 nitrogen and oxygen atoms in total. The van der Waals surface area contributed by atoms with Crippen LogP contribution in [0.1, 0.15) is 33.6 Å². The van der Waals surface area contributed by atoms with Crippen molar-refractivity contribution in [3.05, 3.63) is 0 Å².